The minimum Gasteiger partial charge on any atom is -0.495 e. The summed E-state index contributed by atoms with van der Waals surface area (Å²) in [5, 5.41) is 2.83. The summed E-state index contributed by atoms with van der Waals surface area (Å²) in [6.45, 7) is 3.88. The van der Waals surface area contributed by atoms with Crippen molar-refractivity contribution in [3.05, 3.63) is 59.7 Å². The summed E-state index contributed by atoms with van der Waals surface area (Å²) >= 11 is 1.58. The number of nitrogens with zero attached hydrogens (tertiary/aromatic N) is 1. The zero-order valence-electron chi connectivity index (χ0n) is 18.3. The van der Waals surface area contributed by atoms with Gasteiger partial charge in [-0.3, -0.25) is 9.59 Å². The fourth-order valence-electron chi connectivity index (χ4n) is 4.21. The molecule has 0 aliphatic carbocycles. The normalized spacial score (nSPS) is 22.9. The number of rotatable bonds is 6. The number of carbonyl (C=O) groups excluding carboxylic acids is 3. The predicted molar refractivity (Wildman–Crippen MR) is 122 cm³/mol. The third-order valence-electron chi connectivity index (χ3n) is 5.90. The zero-order valence-corrected chi connectivity index (χ0v) is 19.1. The molecule has 0 unspecified atom stereocenters. The first-order valence-corrected chi connectivity index (χ1v) is 11.5. The van der Waals surface area contributed by atoms with E-state index in [1.165, 1.54) is 7.11 Å². The van der Waals surface area contributed by atoms with Gasteiger partial charge in [-0.25, -0.2) is 4.79 Å². The molecule has 32 heavy (non-hydrogen) atoms. The molecule has 2 saturated heterocycles. The molecule has 2 aromatic rings. The van der Waals surface area contributed by atoms with Crippen LogP contribution in [-0.2, 0) is 19.1 Å². The van der Waals surface area contributed by atoms with Crippen LogP contribution in [0.5, 0.6) is 5.75 Å². The maximum Gasteiger partial charge on any atom is 0.330 e. The first kappa shape index (κ1) is 22.2. The predicted octanol–water partition coefficient (Wildman–Crippen LogP) is 3.68. The highest BCUT2D eigenvalue weighted by Gasteiger charge is 2.54. The van der Waals surface area contributed by atoms with Gasteiger partial charge in [0.05, 0.1) is 17.7 Å². The molecule has 0 spiro atoms. The molecule has 168 valence electrons. The number of methoxy groups -OCH3 is 1. The maximum atomic E-state index is 13.3. The van der Waals surface area contributed by atoms with E-state index < -0.39 is 24.0 Å². The van der Waals surface area contributed by atoms with Gasteiger partial charge in [0.15, 0.2) is 0 Å². The number of amides is 2. The molecule has 0 radical (unpaired) electrons. The molecule has 2 aliphatic heterocycles. The lowest BCUT2D eigenvalue weighted by Gasteiger charge is -2.30. The Bertz CT molecular complexity index is 1040. The number of hydrogen-bond acceptors (Lipinski definition) is 6. The minimum absolute atomic E-state index is 0.0512. The van der Waals surface area contributed by atoms with Crippen molar-refractivity contribution < 1.29 is 23.9 Å². The van der Waals surface area contributed by atoms with Gasteiger partial charge in [-0.2, -0.15) is 0 Å². The van der Waals surface area contributed by atoms with Gasteiger partial charge >= 0.3 is 5.97 Å². The Morgan fingerprint density at radius 1 is 1.22 bits per heavy atom. The van der Waals surface area contributed by atoms with E-state index >= 15 is 0 Å². The van der Waals surface area contributed by atoms with E-state index in [0.717, 1.165) is 5.56 Å². The van der Waals surface area contributed by atoms with E-state index in [1.54, 1.807) is 53.1 Å². The number of ether oxygens (including phenoxy) is 2. The highest BCUT2D eigenvalue weighted by atomic mass is 32.2. The zero-order chi connectivity index (χ0) is 22.9. The van der Waals surface area contributed by atoms with Gasteiger partial charge < -0.3 is 19.7 Å². The van der Waals surface area contributed by atoms with Crippen LogP contribution < -0.4 is 10.1 Å². The fourth-order valence-corrected chi connectivity index (χ4v) is 5.63. The van der Waals surface area contributed by atoms with Gasteiger partial charge in [0, 0.05) is 17.7 Å². The molecule has 2 aliphatic rings. The number of fused-ring (bicyclic) bond motifs is 1. The van der Waals surface area contributed by atoms with Gasteiger partial charge in [0.1, 0.15) is 11.8 Å². The lowest BCUT2D eigenvalue weighted by atomic mass is 10.1. The maximum absolute atomic E-state index is 13.3. The lowest BCUT2D eigenvalue weighted by Crippen LogP contribution is -2.47. The first-order chi connectivity index (χ1) is 15.3. The molecular formula is C24H26N2O5S. The molecule has 1 N–H and O–H groups in total. The monoisotopic (exact) mass is 454 g/mol. The highest BCUT2D eigenvalue weighted by Crippen LogP contribution is 2.47. The standard InChI is InChI=1S/C24H26N2O5S/c1-15-9-10-19(30-3)17(13-15)25-22(28)21(16-7-5-4-6-8-16)31-23(29)18-14-32-24(2)12-11-20(27)26(18)24/h4-10,13,18,21H,11-12,14H2,1-3H3,(H,25,28)/t18-,21-,24-/m1/s1. The van der Waals surface area contributed by atoms with E-state index in [-0.39, 0.29) is 10.8 Å². The highest BCUT2D eigenvalue weighted by molar-refractivity contribution is 8.01. The van der Waals surface area contributed by atoms with Crippen LogP contribution >= 0.6 is 11.8 Å². The van der Waals surface area contributed by atoms with E-state index in [1.807, 2.05) is 26.0 Å². The van der Waals surface area contributed by atoms with Crippen LogP contribution in [0.3, 0.4) is 0 Å². The molecule has 0 saturated carbocycles. The molecule has 0 bridgehead atoms. The number of carbonyl (C=O) groups is 3. The number of hydrogen-bond donors (Lipinski definition) is 1. The second-order valence-corrected chi connectivity index (χ2v) is 9.69. The molecule has 2 heterocycles. The molecule has 2 amide bonds. The van der Waals surface area contributed by atoms with Crippen LogP contribution in [-0.4, -0.2) is 46.5 Å². The Hall–Kier alpha value is -3.00. The van der Waals surface area contributed by atoms with E-state index in [9.17, 15) is 14.4 Å². The van der Waals surface area contributed by atoms with Crippen molar-refractivity contribution in [1.82, 2.24) is 4.90 Å². The molecule has 8 heteroatoms. The van der Waals surface area contributed by atoms with Crippen LogP contribution in [0.4, 0.5) is 5.69 Å². The topological polar surface area (TPSA) is 84.9 Å². The number of benzene rings is 2. The summed E-state index contributed by atoms with van der Waals surface area (Å²) in [6, 6.07) is 13.6. The van der Waals surface area contributed by atoms with E-state index in [0.29, 0.717) is 35.6 Å². The van der Waals surface area contributed by atoms with Gasteiger partial charge in [0.2, 0.25) is 12.0 Å². The Kier molecular flexibility index (Phi) is 6.15. The van der Waals surface area contributed by atoms with Crippen molar-refractivity contribution in [2.75, 3.05) is 18.2 Å². The average molecular weight is 455 g/mol. The molecule has 2 fully saturated rings. The summed E-state index contributed by atoms with van der Waals surface area (Å²) in [5.41, 5.74) is 1.99. The van der Waals surface area contributed by atoms with Crippen molar-refractivity contribution in [3.8, 4) is 5.75 Å². The van der Waals surface area contributed by atoms with Crippen LogP contribution in [0.1, 0.15) is 37.0 Å². The van der Waals surface area contributed by atoms with Crippen LogP contribution in [0.25, 0.3) is 0 Å². The summed E-state index contributed by atoms with van der Waals surface area (Å²) in [7, 11) is 1.52. The summed E-state index contributed by atoms with van der Waals surface area (Å²) < 4.78 is 11.1. The Balaban J connectivity index is 1.58. The third kappa shape index (κ3) is 4.19. The average Bonchev–Trinajstić information content (AvgIpc) is 3.28. The largest absolute Gasteiger partial charge is 0.495 e. The SMILES string of the molecule is COc1ccc(C)cc1NC(=O)[C@H](OC(=O)[C@H]1CS[C@]2(C)CCC(=O)N12)c1ccccc1. The summed E-state index contributed by atoms with van der Waals surface area (Å²) in [5.74, 6) is -0.153. The van der Waals surface area contributed by atoms with Crippen LogP contribution in [0.2, 0.25) is 0 Å². The van der Waals surface area contributed by atoms with Crippen LogP contribution in [0.15, 0.2) is 48.5 Å². The van der Waals surface area contributed by atoms with Crippen molar-refractivity contribution in [1.29, 1.82) is 0 Å². The van der Waals surface area contributed by atoms with Crippen molar-refractivity contribution in [2.24, 2.45) is 0 Å². The van der Waals surface area contributed by atoms with Crippen molar-refractivity contribution >= 4 is 35.2 Å². The smallest absolute Gasteiger partial charge is 0.330 e. The number of thioether (sulfide) groups is 1. The molecule has 0 aromatic heterocycles. The number of anilines is 1. The molecule has 2 aromatic carbocycles. The molecule has 3 atom stereocenters. The quantitative estimate of drug-likeness (QED) is 0.671. The second-order valence-electron chi connectivity index (χ2n) is 8.19. The minimum atomic E-state index is -1.16. The number of aryl methyl sites for hydroxylation is 1. The third-order valence-corrected chi connectivity index (χ3v) is 7.41. The van der Waals surface area contributed by atoms with Crippen LogP contribution in [0, 0.1) is 6.92 Å². The Morgan fingerprint density at radius 2 is 1.97 bits per heavy atom. The second kappa shape index (κ2) is 8.86. The van der Waals surface area contributed by atoms with Gasteiger partial charge in [-0.1, -0.05) is 36.4 Å². The van der Waals surface area contributed by atoms with Crippen molar-refractivity contribution in [3.63, 3.8) is 0 Å². The van der Waals surface area contributed by atoms with Crippen molar-refractivity contribution in [2.45, 2.75) is 43.7 Å². The molecule has 7 nitrogen and oxygen atoms in total. The van der Waals surface area contributed by atoms with Gasteiger partial charge in [0.25, 0.3) is 5.91 Å². The summed E-state index contributed by atoms with van der Waals surface area (Å²) in [6.07, 6.45) is -0.0394. The molecular weight excluding hydrogens is 428 g/mol. The van der Waals surface area contributed by atoms with Gasteiger partial charge in [-0.15, -0.1) is 11.8 Å². The number of nitrogens with one attached hydrogen (secondary N) is 1. The lowest BCUT2D eigenvalue weighted by molar-refractivity contribution is -0.161. The summed E-state index contributed by atoms with van der Waals surface area (Å²) in [4.78, 5) is 40.1. The van der Waals surface area contributed by atoms with Gasteiger partial charge in [-0.05, 0) is 38.0 Å². The Labute approximate surface area is 191 Å². The number of esters is 1. The molecule has 4 rings (SSSR count). The fraction of sp³-hybridized carbons (Fsp3) is 0.375. The van der Waals surface area contributed by atoms with E-state index in [2.05, 4.69) is 5.32 Å². The Morgan fingerprint density at radius 3 is 2.69 bits per heavy atom. The van der Waals surface area contributed by atoms with E-state index in [4.69, 9.17) is 9.47 Å². The first-order valence-electron chi connectivity index (χ1n) is 10.5.